The van der Waals surface area contributed by atoms with Gasteiger partial charge in [-0.1, -0.05) is 6.07 Å². The van der Waals surface area contributed by atoms with Crippen molar-refractivity contribution in [2.45, 2.75) is 19.8 Å². The largest absolute Gasteiger partial charge is 0.573 e. The second-order valence-electron chi connectivity index (χ2n) is 4.85. The van der Waals surface area contributed by atoms with Crippen molar-refractivity contribution in [2.75, 3.05) is 7.05 Å². The normalized spacial score (nSPS) is 11.4. The molecule has 0 atom stereocenters. The Hall–Kier alpha value is -2.51. The van der Waals surface area contributed by atoms with Crippen molar-refractivity contribution in [1.82, 2.24) is 4.90 Å². The maximum absolute atomic E-state index is 13.6. The molecule has 0 fully saturated rings. The van der Waals surface area contributed by atoms with Crippen molar-refractivity contribution in [1.29, 1.82) is 0 Å². The summed E-state index contributed by atoms with van der Waals surface area (Å²) in [4.78, 5) is 13.4. The molecule has 0 saturated heterocycles. The predicted octanol–water partition coefficient (Wildman–Crippen LogP) is 3.90. The third-order valence-corrected chi connectivity index (χ3v) is 3.11. The molecule has 0 spiro atoms. The molecule has 0 aliphatic rings. The van der Waals surface area contributed by atoms with Crippen LogP contribution in [0.25, 0.3) is 0 Å². The van der Waals surface area contributed by atoms with Gasteiger partial charge in [0.05, 0.1) is 18.4 Å². The average Bonchev–Trinajstić information content (AvgIpc) is 2.84. The van der Waals surface area contributed by atoms with Crippen molar-refractivity contribution in [2.24, 2.45) is 0 Å². The molecule has 23 heavy (non-hydrogen) atoms. The smallest absolute Gasteiger partial charge is 0.467 e. The van der Waals surface area contributed by atoms with Gasteiger partial charge in [-0.25, -0.2) is 4.39 Å². The van der Waals surface area contributed by atoms with Crippen molar-refractivity contribution >= 4 is 5.91 Å². The van der Waals surface area contributed by atoms with Crippen LogP contribution in [0.1, 0.15) is 21.7 Å². The summed E-state index contributed by atoms with van der Waals surface area (Å²) in [5, 5.41) is 0. The predicted molar refractivity (Wildman–Crippen MR) is 72.3 cm³/mol. The van der Waals surface area contributed by atoms with Crippen LogP contribution in [0.4, 0.5) is 17.6 Å². The van der Waals surface area contributed by atoms with E-state index in [-0.39, 0.29) is 6.54 Å². The van der Waals surface area contributed by atoms with Gasteiger partial charge in [0.15, 0.2) is 11.6 Å². The van der Waals surface area contributed by atoms with Crippen molar-refractivity contribution in [3.63, 3.8) is 0 Å². The van der Waals surface area contributed by atoms with Gasteiger partial charge in [-0.2, -0.15) is 0 Å². The molecule has 0 saturated carbocycles. The second kappa shape index (κ2) is 6.31. The number of benzene rings is 1. The Morgan fingerprint density at radius 3 is 2.57 bits per heavy atom. The van der Waals surface area contributed by atoms with E-state index in [1.807, 2.05) is 0 Å². The van der Waals surface area contributed by atoms with E-state index in [1.165, 1.54) is 13.3 Å². The number of carbonyl (C=O) groups is 1. The average molecular weight is 331 g/mol. The number of hydrogen-bond acceptors (Lipinski definition) is 3. The Morgan fingerprint density at radius 1 is 1.30 bits per heavy atom. The SMILES string of the molecule is Cc1ccoc1CN(C)C(=O)c1cccc(F)c1OC(F)(F)F. The van der Waals surface area contributed by atoms with Crippen LogP contribution in [-0.2, 0) is 6.54 Å². The number of carbonyl (C=O) groups excluding carboxylic acids is 1. The number of hydrogen-bond donors (Lipinski definition) is 0. The number of alkyl halides is 3. The first kappa shape index (κ1) is 16.9. The zero-order valence-electron chi connectivity index (χ0n) is 12.3. The highest BCUT2D eigenvalue weighted by Gasteiger charge is 2.35. The number of furan rings is 1. The van der Waals surface area contributed by atoms with E-state index in [0.29, 0.717) is 5.76 Å². The molecule has 0 bridgehead atoms. The van der Waals surface area contributed by atoms with Crippen molar-refractivity contribution < 1.29 is 31.5 Å². The standard InChI is InChI=1S/C15H13F4NO3/c1-9-6-7-22-12(9)8-20(2)14(21)10-4-3-5-11(16)13(10)23-15(17,18)19/h3-7H,8H2,1-2H3. The molecule has 1 aromatic heterocycles. The van der Waals surface area contributed by atoms with Crippen molar-refractivity contribution in [3.05, 3.63) is 53.2 Å². The van der Waals surface area contributed by atoms with Crippen LogP contribution in [0.3, 0.4) is 0 Å². The minimum atomic E-state index is -5.10. The van der Waals surface area contributed by atoms with Gasteiger partial charge in [-0.05, 0) is 30.7 Å². The molecule has 0 unspecified atom stereocenters. The Labute approximate surface area is 129 Å². The number of halogens is 4. The number of para-hydroxylation sites is 1. The quantitative estimate of drug-likeness (QED) is 0.798. The molecule has 0 radical (unpaired) electrons. The zero-order chi connectivity index (χ0) is 17.2. The number of nitrogens with zero attached hydrogens (tertiary/aromatic N) is 1. The molecule has 0 aliphatic heterocycles. The number of amides is 1. The zero-order valence-corrected chi connectivity index (χ0v) is 12.3. The molecule has 1 aromatic carbocycles. The first-order valence-corrected chi connectivity index (χ1v) is 6.51. The Morgan fingerprint density at radius 2 is 2.00 bits per heavy atom. The van der Waals surface area contributed by atoms with Crippen LogP contribution in [0, 0.1) is 12.7 Å². The monoisotopic (exact) mass is 331 g/mol. The highest BCUT2D eigenvalue weighted by molar-refractivity contribution is 5.96. The topological polar surface area (TPSA) is 42.7 Å². The third kappa shape index (κ3) is 4.02. The molecular formula is C15H13F4NO3. The summed E-state index contributed by atoms with van der Waals surface area (Å²) in [5.41, 5.74) is 0.268. The Kier molecular flexibility index (Phi) is 4.63. The second-order valence-corrected chi connectivity index (χ2v) is 4.85. The maximum Gasteiger partial charge on any atom is 0.573 e. The van der Waals surface area contributed by atoms with Crippen LogP contribution in [0.15, 0.2) is 34.9 Å². The molecule has 2 aromatic rings. The third-order valence-electron chi connectivity index (χ3n) is 3.11. The molecule has 8 heteroatoms. The first-order chi connectivity index (χ1) is 10.7. The minimum absolute atomic E-state index is 0.0274. The van der Waals surface area contributed by atoms with Crippen LogP contribution < -0.4 is 4.74 Å². The lowest BCUT2D eigenvalue weighted by molar-refractivity contribution is -0.275. The van der Waals surface area contributed by atoms with Gasteiger partial charge in [0.2, 0.25) is 0 Å². The lowest BCUT2D eigenvalue weighted by atomic mass is 10.1. The van der Waals surface area contributed by atoms with E-state index in [2.05, 4.69) is 4.74 Å². The first-order valence-electron chi connectivity index (χ1n) is 6.51. The van der Waals surface area contributed by atoms with E-state index < -0.39 is 29.4 Å². The van der Waals surface area contributed by atoms with E-state index in [0.717, 1.165) is 28.7 Å². The van der Waals surface area contributed by atoms with Gasteiger partial charge in [0.25, 0.3) is 5.91 Å². The molecule has 1 amide bonds. The number of aryl methyl sites for hydroxylation is 1. The van der Waals surface area contributed by atoms with Crippen LogP contribution in [0.2, 0.25) is 0 Å². The fourth-order valence-corrected chi connectivity index (χ4v) is 1.96. The van der Waals surface area contributed by atoms with E-state index in [9.17, 15) is 22.4 Å². The Balaban J connectivity index is 2.28. The lowest BCUT2D eigenvalue weighted by Crippen LogP contribution is -2.28. The summed E-state index contributed by atoms with van der Waals surface area (Å²) in [6, 6.07) is 4.68. The summed E-state index contributed by atoms with van der Waals surface area (Å²) in [6.07, 6.45) is -3.67. The van der Waals surface area contributed by atoms with Gasteiger partial charge in [0, 0.05) is 7.05 Å². The van der Waals surface area contributed by atoms with E-state index in [4.69, 9.17) is 4.42 Å². The van der Waals surface area contributed by atoms with Gasteiger partial charge in [0.1, 0.15) is 5.76 Å². The fraction of sp³-hybridized carbons (Fsp3) is 0.267. The summed E-state index contributed by atoms with van der Waals surface area (Å²) < 4.78 is 59.6. The molecule has 2 rings (SSSR count). The lowest BCUT2D eigenvalue weighted by Gasteiger charge is -2.19. The van der Waals surface area contributed by atoms with Gasteiger partial charge < -0.3 is 14.1 Å². The molecule has 124 valence electrons. The number of ether oxygens (including phenoxy) is 1. The van der Waals surface area contributed by atoms with Crippen molar-refractivity contribution in [3.8, 4) is 5.75 Å². The minimum Gasteiger partial charge on any atom is -0.467 e. The molecule has 1 heterocycles. The summed E-state index contributed by atoms with van der Waals surface area (Å²) in [7, 11) is 1.37. The van der Waals surface area contributed by atoms with Crippen LogP contribution in [-0.4, -0.2) is 24.2 Å². The molecule has 4 nitrogen and oxygen atoms in total. The van der Waals surface area contributed by atoms with Gasteiger partial charge in [-0.3, -0.25) is 4.79 Å². The fourth-order valence-electron chi connectivity index (χ4n) is 1.96. The maximum atomic E-state index is 13.6. The van der Waals surface area contributed by atoms with E-state index >= 15 is 0 Å². The van der Waals surface area contributed by atoms with Crippen LogP contribution in [0.5, 0.6) is 5.75 Å². The molecule has 0 N–H and O–H groups in total. The van der Waals surface area contributed by atoms with Crippen LogP contribution >= 0.6 is 0 Å². The molecule has 0 aliphatic carbocycles. The summed E-state index contributed by atoms with van der Waals surface area (Å²) in [5.74, 6) is -2.75. The van der Waals surface area contributed by atoms with Gasteiger partial charge in [-0.15, -0.1) is 13.2 Å². The summed E-state index contributed by atoms with van der Waals surface area (Å²) >= 11 is 0. The highest BCUT2D eigenvalue weighted by Crippen LogP contribution is 2.30. The molecular weight excluding hydrogens is 318 g/mol. The highest BCUT2D eigenvalue weighted by atomic mass is 19.4. The Bertz CT molecular complexity index is 709. The van der Waals surface area contributed by atoms with Gasteiger partial charge >= 0.3 is 6.36 Å². The number of rotatable bonds is 4. The summed E-state index contributed by atoms with van der Waals surface area (Å²) in [6.45, 7) is 1.79. The van der Waals surface area contributed by atoms with E-state index in [1.54, 1.807) is 13.0 Å².